The molecule has 3 heteroatoms. The van der Waals surface area contributed by atoms with Gasteiger partial charge in [-0.1, -0.05) is 66.7 Å². The van der Waals surface area contributed by atoms with Gasteiger partial charge in [0.25, 0.3) is 0 Å². The first-order valence-electron chi connectivity index (χ1n) is 11.1. The van der Waals surface area contributed by atoms with Gasteiger partial charge in [-0.05, 0) is 42.3 Å². The summed E-state index contributed by atoms with van der Waals surface area (Å²) in [5.41, 5.74) is 8.72. The monoisotopic (exact) mass is 425 g/mol. The van der Waals surface area contributed by atoms with Gasteiger partial charge in [0.2, 0.25) is 0 Å². The Hall–Kier alpha value is -4.37. The van der Waals surface area contributed by atoms with Crippen molar-refractivity contribution in [2.75, 3.05) is 0 Å². The number of rotatable bonds is 2. The van der Waals surface area contributed by atoms with E-state index in [-0.39, 0.29) is 0 Å². The summed E-state index contributed by atoms with van der Waals surface area (Å²) in [7, 11) is 0. The van der Waals surface area contributed by atoms with E-state index in [1.807, 2.05) is 48.7 Å². The summed E-state index contributed by atoms with van der Waals surface area (Å²) in [6.07, 6.45) is 1.94. The van der Waals surface area contributed by atoms with Crippen LogP contribution in [0.3, 0.4) is 0 Å². The third-order valence-electron chi connectivity index (χ3n) is 6.45. The highest BCUT2D eigenvalue weighted by atomic mass is 16.3. The molecule has 7 rings (SSSR count). The van der Waals surface area contributed by atoms with Crippen LogP contribution in [0.15, 0.2) is 106 Å². The molecule has 3 nitrogen and oxygen atoms in total. The van der Waals surface area contributed by atoms with E-state index >= 15 is 0 Å². The van der Waals surface area contributed by atoms with Crippen molar-refractivity contribution in [1.29, 1.82) is 0 Å². The molecule has 0 amide bonds. The Morgan fingerprint density at radius 2 is 1.27 bits per heavy atom. The molecule has 0 saturated heterocycles. The maximum Gasteiger partial charge on any atom is 0.144 e. The molecule has 4 aromatic carbocycles. The van der Waals surface area contributed by atoms with Gasteiger partial charge in [0.15, 0.2) is 0 Å². The Labute approximate surface area is 189 Å². The Morgan fingerprint density at radius 1 is 0.606 bits per heavy atom. The van der Waals surface area contributed by atoms with Crippen LogP contribution < -0.4 is 0 Å². The lowest BCUT2D eigenvalue weighted by molar-refractivity contribution is 0.663. The predicted octanol–water partition coefficient (Wildman–Crippen LogP) is 8.52. The normalized spacial score (nSPS) is 11.8. The average molecular weight is 425 g/mol. The Balaban J connectivity index is 1.63. The number of aromatic nitrogens is 1. The van der Waals surface area contributed by atoms with Crippen molar-refractivity contribution < 1.29 is 8.83 Å². The third kappa shape index (κ3) is 2.66. The fourth-order valence-corrected chi connectivity index (χ4v) is 4.88. The summed E-state index contributed by atoms with van der Waals surface area (Å²) in [6, 6.07) is 31.0. The number of hydrogen-bond donors (Lipinski definition) is 0. The van der Waals surface area contributed by atoms with Crippen molar-refractivity contribution in [3.8, 4) is 22.4 Å². The van der Waals surface area contributed by atoms with Crippen LogP contribution in [0.5, 0.6) is 0 Å². The molecule has 0 spiro atoms. The second-order valence-electron chi connectivity index (χ2n) is 8.45. The van der Waals surface area contributed by atoms with Crippen LogP contribution in [-0.4, -0.2) is 4.98 Å². The van der Waals surface area contributed by atoms with E-state index < -0.39 is 0 Å². The maximum absolute atomic E-state index is 6.50. The van der Waals surface area contributed by atoms with Gasteiger partial charge in [0.05, 0.1) is 5.69 Å². The van der Waals surface area contributed by atoms with Crippen molar-refractivity contribution in [3.63, 3.8) is 0 Å². The van der Waals surface area contributed by atoms with Gasteiger partial charge in [-0.25, -0.2) is 0 Å². The maximum atomic E-state index is 6.50. The molecule has 156 valence electrons. The molecular formula is C30H19NO2. The van der Waals surface area contributed by atoms with E-state index in [1.165, 1.54) is 0 Å². The largest absolute Gasteiger partial charge is 0.456 e. The molecule has 33 heavy (non-hydrogen) atoms. The molecule has 0 aliphatic heterocycles. The lowest BCUT2D eigenvalue weighted by atomic mass is 9.95. The molecule has 3 heterocycles. The predicted molar refractivity (Wildman–Crippen MR) is 134 cm³/mol. The van der Waals surface area contributed by atoms with Crippen LogP contribution in [0.4, 0.5) is 0 Å². The number of benzene rings is 4. The van der Waals surface area contributed by atoms with Gasteiger partial charge in [0.1, 0.15) is 22.3 Å². The first-order valence-corrected chi connectivity index (χ1v) is 11.1. The highest BCUT2D eigenvalue weighted by Crippen LogP contribution is 2.45. The average Bonchev–Trinajstić information content (AvgIpc) is 3.42. The number of pyridine rings is 1. The summed E-state index contributed by atoms with van der Waals surface area (Å²) >= 11 is 0. The Bertz CT molecular complexity index is 1820. The standard InChI is InChI=1S/C30H19NO2/c1-18-17-31-24(19-9-3-2-4-10-19)15-22(18)23-16-27-28(20-11-5-7-13-25(20)32-27)29-21-12-6-8-14-26(21)33-30(23)29/h2-17H,1H3. The zero-order chi connectivity index (χ0) is 21.9. The van der Waals surface area contributed by atoms with Crippen LogP contribution in [0.2, 0.25) is 0 Å². The topological polar surface area (TPSA) is 39.2 Å². The third-order valence-corrected chi connectivity index (χ3v) is 6.45. The van der Waals surface area contributed by atoms with Crippen molar-refractivity contribution in [1.82, 2.24) is 4.98 Å². The lowest BCUT2D eigenvalue weighted by Gasteiger charge is -2.10. The molecule has 0 aliphatic rings. The fourth-order valence-electron chi connectivity index (χ4n) is 4.88. The van der Waals surface area contributed by atoms with Crippen molar-refractivity contribution in [2.45, 2.75) is 6.92 Å². The quantitative estimate of drug-likeness (QED) is 0.279. The van der Waals surface area contributed by atoms with Gasteiger partial charge < -0.3 is 8.83 Å². The zero-order valence-electron chi connectivity index (χ0n) is 18.0. The number of fused-ring (bicyclic) bond motifs is 7. The minimum atomic E-state index is 0.864. The smallest absolute Gasteiger partial charge is 0.144 e. The number of aryl methyl sites for hydroxylation is 1. The Morgan fingerprint density at radius 3 is 2.06 bits per heavy atom. The van der Waals surface area contributed by atoms with E-state index in [9.17, 15) is 0 Å². The molecule has 0 saturated carbocycles. The van der Waals surface area contributed by atoms with Crippen LogP contribution in [0.25, 0.3) is 66.3 Å². The van der Waals surface area contributed by atoms with Crippen molar-refractivity contribution >= 4 is 43.9 Å². The molecule has 0 atom stereocenters. The summed E-state index contributed by atoms with van der Waals surface area (Å²) in [4.78, 5) is 4.70. The van der Waals surface area contributed by atoms with Crippen LogP contribution in [0.1, 0.15) is 5.56 Å². The van der Waals surface area contributed by atoms with Gasteiger partial charge in [-0.2, -0.15) is 0 Å². The first-order chi connectivity index (χ1) is 16.3. The van der Waals surface area contributed by atoms with Crippen molar-refractivity contribution in [3.05, 3.63) is 103 Å². The zero-order valence-corrected chi connectivity index (χ0v) is 18.0. The molecule has 0 fully saturated rings. The molecule has 0 N–H and O–H groups in total. The van der Waals surface area contributed by atoms with E-state index in [0.717, 1.165) is 71.8 Å². The molecule has 0 unspecified atom stereocenters. The lowest BCUT2D eigenvalue weighted by Crippen LogP contribution is -1.90. The van der Waals surface area contributed by atoms with E-state index in [4.69, 9.17) is 13.8 Å². The summed E-state index contributed by atoms with van der Waals surface area (Å²) in [5, 5.41) is 4.40. The molecule has 0 aliphatic carbocycles. The molecule has 0 bridgehead atoms. The van der Waals surface area contributed by atoms with E-state index in [2.05, 4.69) is 55.5 Å². The van der Waals surface area contributed by atoms with E-state index in [0.29, 0.717) is 0 Å². The summed E-state index contributed by atoms with van der Waals surface area (Å²) < 4.78 is 12.8. The Kier molecular flexibility index (Phi) is 3.76. The van der Waals surface area contributed by atoms with Gasteiger partial charge in [0, 0.05) is 38.9 Å². The molecule has 3 aromatic heterocycles. The number of furan rings is 2. The summed E-state index contributed by atoms with van der Waals surface area (Å²) in [6.45, 7) is 2.09. The first kappa shape index (κ1) is 18.2. The highest BCUT2D eigenvalue weighted by Gasteiger charge is 2.21. The van der Waals surface area contributed by atoms with Crippen LogP contribution >= 0.6 is 0 Å². The number of nitrogens with zero attached hydrogens (tertiary/aromatic N) is 1. The second kappa shape index (κ2) is 6.81. The number of hydrogen-bond acceptors (Lipinski definition) is 3. The van der Waals surface area contributed by atoms with Gasteiger partial charge in [-0.3, -0.25) is 4.98 Å². The SMILES string of the molecule is Cc1cnc(-c2ccccc2)cc1-c1cc2oc3ccccc3c2c2c1oc1ccccc12. The summed E-state index contributed by atoms with van der Waals surface area (Å²) in [5.74, 6) is 0. The van der Waals surface area contributed by atoms with E-state index in [1.54, 1.807) is 0 Å². The molecule has 0 radical (unpaired) electrons. The van der Waals surface area contributed by atoms with Gasteiger partial charge >= 0.3 is 0 Å². The van der Waals surface area contributed by atoms with Crippen LogP contribution in [-0.2, 0) is 0 Å². The minimum absolute atomic E-state index is 0.864. The van der Waals surface area contributed by atoms with Gasteiger partial charge in [-0.15, -0.1) is 0 Å². The van der Waals surface area contributed by atoms with Crippen molar-refractivity contribution in [2.24, 2.45) is 0 Å². The fraction of sp³-hybridized carbons (Fsp3) is 0.0333. The minimum Gasteiger partial charge on any atom is -0.456 e. The second-order valence-corrected chi connectivity index (χ2v) is 8.45. The highest BCUT2D eigenvalue weighted by molar-refractivity contribution is 6.28. The van der Waals surface area contributed by atoms with Crippen LogP contribution in [0, 0.1) is 6.92 Å². The molecule has 7 aromatic rings. The number of para-hydroxylation sites is 2. The molecular weight excluding hydrogens is 406 g/mol.